The zero-order valence-corrected chi connectivity index (χ0v) is 11.9. The first-order chi connectivity index (χ1) is 9.70. The molecule has 104 valence electrons. The minimum Gasteiger partial charge on any atom is -0.494 e. The number of hydrogen-bond donors (Lipinski definition) is 1. The van der Waals surface area contributed by atoms with Crippen LogP contribution < -0.4 is 10.1 Å². The van der Waals surface area contributed by atoms with Crippen LogP contribution in [0.15, 0.2) is 54.6 Å². The summed E-state index contributed by atoms with van der Waals surface area (Å²) < 4.78 is 5.34. The molecule has 0 radical (unpaired) electrons. The first-order valence-corrected chi connectivity index (χ1v) is 6.87. The molecule has 0 spiro atoms. The Labute approximate surface area is 123 Å². The zero-order valence-electron chi connectivity index (χ0n) is 11.2. The lowest BCUT2D eigenvalue weighted by Crippen LogP contribution is -2.17. The van der Waals surface area contributed by atoms with E-state index in [4.69, 9.17) is 16.3 Å². The lowest BCUT2D eigenvalue weighted by molar-refractivity contribution is -0.116. The Morgan fingerprint density at radius 3 is 2.40 bits per heavy atom. The molecule has 0 heterocycles. The summed E-state index contributed by atoms with van der Waals surface area (Å²) in [5.41, 5.74) is 1.47. The van der Waals surface area contributed by atoms with E-state index in [1.165, 1.54) is 0 Å². The van der Waals surface area contributed by atoms with Crippen molar-refractivity contribution in [3.05, 3.63) is 60.2 Å². The molecule has 0 aliphatic heterocycles. The Bertz CT molecular complexity index is 554. The van der Waals surface area contributed by atoms with Gasteiger partial charge in [0.1, 0.15) is 11.1 Å². The summed E-state index contributed by atoms with van der Waals surface area (Å²) in [4.78, 5) is 12.0. The number of hydrogen-bond acceptors (Lipinski definition) is 2. The molecule has 1 amide bonds. The molecule has 0 aliphatic carbocycles. The molecule has 2 rings (SSSR count). The molecule has 2 aromatic rings. The molecule has 4 heteroatoms. The van der Waals surface area contributed by atoms with E-state index in [2.05, 4.69) is 5.32 Å². The minimum absolute atomic E-state index is 0.248. The van der Waals surface area contributed by atoms with Gasteiger partial charge in [0.25, 0.3) is 0 Å². The van der Waals surface area contributed by atoms with Crippen LogP contribution >= 0.6 is 11.6 Å². The first-order valence-electron chi connectivity index (χ1n) is 6.43. The van der Waals surface area contributed by atoms with E-state index in [1.807, 2.05) is 49.4 Å². The van der Waals surface area contributed by atoms with Crippen molar-refractivity contribution < 1.29 is 9.53 Å². The van der Waals surface area contributed by atoms with Crippen molar-refractivity contribution in [3.8, 4) is 5.75 Å². The Balaban J connectivity index is 2.00. The molecule has 1 unspecified atom stereocenters. The standard InChI is InChI=1S/C16H16ClNO2/c1-2-20-14-10-8-13(9-11-14)18-16(19)15(17)12-6-4-3-5-7-12/h3-11,15H,2H2,1H3,(H,18,19). The number of carbonyl (C=O) groups excluding carboxylic acids is 1. The molecular weight excluding hydrogens is 274 g/mol. The Kier molecular flexibility index (Phi) is 5.02. The zero-order chi connectivity index (χ0) is 14.4. The van der Waals surface area contributed by atoms with Crippen LogP contribution in [-0.4, -0.2) is 12.5 Å². The molecule has 0 aliphatic rings. The number of carbonyl (C=O) groups is 1. The van der Waals surface area contributed by atoms with Crippen LogP contribution in [0.25, 0.3) is 0 Å². The van der Waals surface area contributed by atoms with Crippen LogP contribution in [0.4, 0.5) is 5.69 Å². The number of halogens is 1. The number of rotatable bonds is 5. The Morgan fingerprint density at radius 1 is 1.15 bits per heavy atom. The fourth-order valence-electron chi connectivity index (χ4n) is 1.78. The largest absolute Gasteiger partial charge is 0.494 e. The third-order valence-electron chi connectivity index (χ3n) is 2.76. The van der Waals surface area contributed by atoms with Gasteiger partial charge in [0.2, 0.25) is 5.91 Å². The van der Waals surface area contributed by atoms with Crippen molar-refractivity contribution in [2.45, 2.75) is 12.3 Å². The number of nitrogens with one attached hydrogen (secondary N) is 1. The highest BCUT2D eigenvalue weighted by molar-refractivity contribution is 6.32. The summed E-state index contributed by atoms with van der Waals surface area (Å²) >= 11 is 6.15. The van der Waals surface area contributed by atoms with Crippen LogP contribution in [0.3, 0.4) is 0 Å². The molecule has 1 atom stereocenters. The fraction of sp³-hybridized carbons (Fsp3) is 0.188. The van der Waals surface area contributed by atoms with E-state index in [0.29, 0.717) is 12.3 Å². The second-order valence-electron chi connectivity index (χ2n) is 4.22. The van der Waals surface area contributed by atoms with Gasteiger partial charge < -0.3 is 10.1 Å². The van der Waals surface area contributed by atoms with E-state index >= 15 is 0 Å². The van der Waals surface area contributed by atoms with Gasteiger partial charge in [-0.05, 0) is 36.8 Å². The number of benzene rings is 2. The van der Waals surface area contributed by atoms with E-state index < -0.39 is 5.38 Å². The fourth-order valence-corrected chi connectivity index (χ4v) is 1.98. The molecule has 0 aromatic heterocycles. The molecule has 20 heavy (non-hydrogen) atoms. The molecule has 3 nitrogen and oxygen atoms in total. The van der Waals surface area contributed by atoms with Crippen LogP contribution in [0.2, 0.25) is 0 Å². The summed E-state index contributed by atoms with van der Waals surface area (Å²) in [5, 5.41) is 2.08. The molecule has 1 N–H and O–H groups in total. The topological polar surface area (TPSA) is 38.3 Å². The molecular formula is C16H16ClNO2. The Morgan fingerprint density at radius 2 is 1.80 bits per heavy atom. The highest BCUT2D eigenvalue weighted by Gasteiger charge is 2.17. The second-order valence-corrected chi connectivity index (χ2v) is 4.66. The van der Waals surface area contributed by atoms with Gasteiger partial charge in [-0.2, -0.15) is 0 Å². The summed E-state index contributed by atoms with van der Waals surface area (Å²) in [6.45, 7) is 2.54. The van der Waals surface area contributed by atoms with Crippen LogP contribution in [-0.2, 0) is 4.79 Å². The van der Waals surface area contributed by atoms with Gasteiger partial charge in [-0.3, -0.25) is 4.79 Å². The van der Waals surface area contributed by atoms with Gasteiger partial charge in [-0.1, -0.05) is 30.3 Å². The van der Waals surface area contributed by atoms with Crippen molar-refractivity contribution in [2.75, 3.05) is 11.9 Å². The normalized spacial score (nSPS) is 11.7. The Hall–Kier alpha value is -2.00. The predicted octanol–water partition coefficient (Wildman–Crippen LogP) is 4.00. The summed E-state index contributed by atoms with van der Waals surface area (Å²) in [6.07, 6.45) is 0. The summed E-state index contributed by atoms with van der Waals surface area (Å²) in [5.74, 6) is 0.526. The van der Waals surface area contributed by atoms with Crippen molar-refractivity contribution in [3.63, 3.8) is 0 Å². The highest BCUT2D eigenvalue weighted by atomic mass is 35.5. The number of alkyl halides is 1. The van der Waals surface area contributed by atoms with Crippen molar-refractivity contribution in [2.24, 2.45) is 0 Å². The quantitative estimate of drug-likeness (QED) is 0.845. The average molecular weight is 290 g/mol. The lowest BCUT2D eigenvalue weighted by Gasteiger charge is -2.11. The first kappa shape index (κ1) is 14.4. The van der Waals surface area contributed by atoms with E-state index in [1.54, 1.807) is 12.1 Å². The van der Waals surface area contributed by atoms with Crippen molar-refractivity contribution in [1.29, 1.82) is 0 Å². The maximum Gasteiger partial charge on any atom is 0.246 e. The van der Waals surface area contributed by atoms with E-state index in [0.717, 1.165) is 11.3 Å². The number of anilines is 1. The number of ether oxygens (including phenoxy) is 1. The summed E-state index contributed by atoms with van der Waals surface area (Å²) in [7, 11) is 0. The highest BCUT2D eigenvalue weighted by Crippen LogP contribution is 2.23. The third kappa shape index (κ3) is 3.75. The summed E-state index contributed by atoms with van der Waals surface area (Å²) in [6, 6.07) is 16.5. The average Bonchev–Trinajstić information content (AvgIpc) is 2.49. The molecule has 0 fully saturated rings. The molecule has 0 saturated heterocycles. The van der Waals surface area contributed by atoms with Crippen LogP contribution in [0.5, 0.6) is 5.75 Å². The SMILES string of the molecule is CCOc1ccc(NC(=O)C(Cl)c2ccccc2)cc1. The minimum atomic E-state index is -0.706. The van der Waals surface area contributed by atoms with Gasteiger partial charge in [0.05, 0.1) is 6.61 Å². The van der Waals surface area contributed by atoms with Gasteiger partial charge >= 0.3 is 0 Å². The van der Waals surface area contributed by atoms with Crippen molar-refractivity contribution in [1.82, 2.24) is 0 Å². The number of amides is 1. The van der Waals surface area contributed by atoms with E-state index in [-0.39, 0.29) is 5.91 Å². The van der Waals surface area contributed by atoms with Crippen LogP contribution in [0, 0.1) is 0 Å². The molecule has 0 bridgehead atoms. The van der Waals surface area contributed by atoms with E-state index in [9.17, 15) is 4.79 Å². The third-order valence-corrected chi connectivity index (χ3v) is 3.21. The predicted molar refractivity (Wildman–Crippen MR) is 81.3 cm³/mol. The van der Waals surface area contributed by atoms with Gasteiger partial charge in [0, 0.05) is 5.69 Å². The lowest BCUT2D eigenvalue weighted by atomic mass is 10.1. The maximum atomic E-state index is 12.0. The van der Waals surface area contributed by atoms with Crippen molar-refractivity contribution >= 4 is 23.2 Å². The maximum absolute atomic E-state index is 12.0. The molecule has 0 saturated carbocycles. The van der Waals surface area contributed by atoms with Gasteiger partial charge in [0.15, 0.2) is 0 Å². The van der Waals surface area contributed by atoms with Gasteiger partial charge in [-0.15, -0.1) is 11.6 Å². The van der Waals surface area contributed by atoms with Gasteiger partial charge in [-0.25, -0.2) is 0 Å². The molecule has 2 aromatic carbocycles. The monoisotopic (exact) mass is 289 g/mol. The van der Waals surface area contributed by atoms with Crippen LogP contribution in [0.1, 0.15) is 17.9 Å². The smallest absolute Gasteiger partial charge is 0.246 e. The second kappa shape index (κ2) is 6.96.